The van der Waals surface area contributed by atoms with E-state index in [2.05, 4.69) is 17.4 Å². The van der Waals surface area contributed by atoms with Crippen molar-refractivity contribution in [1.29, 1.82) is 0 Å². The number of aromatic nitrogens is 1. The fraction of sp³-hybridized carbons (Fsp3) is 0.292. The minimum Gasteiger partial charge on any atom is -0.489 e. The van der Waals surface area contributed by atoms with Crippen molar-refractivity contribution in [2.24, 2.45) is 0 Å². The Hall–Kier alpha value is -3.61. The molecule has 31 heavy (non-hydrogen) atoms. The number of aryl methyl sites for hydroxylation is 3. The van der Waals surface area contributed by atoms with Gasteiger partial charge in [-0.3, -0.25) is 4.79 Å². The molecule has 0 aliphatic heterocycles. The summed E-state index contributed by atoms with van der Waals surface area (Å²) < 4.78 is 16.2. The fourth-order valence-corrected chi connectivity index (χ4v) is 2.93. The van der Waals surface area contributed by atoms with Gasteiger partial charge in [0.15, 0.2) is 6.10 Å². The Balaban J connectivity index is 1.57. The van der Waals surface area contributed by atoms with Gasteiger partial charge >= 0.3 is 5.97 Å². The van der Waals surface area contributed by atoms with Crippen LogP contribution in [0.1, 0.15) is 46.8 Å². The standard InChI is InChI=1S/C24H26N2O5/c1-5-18-9-11-20(12-10-18)25-23(27)17(4)30-24(28)19-7-6-8-21(13-19)29-14-22-15(2)26-31-16(22)3/h6-13,17H,5,14H2,1-4H3,(H,25,27)/t17-/m1/s1. The molecule has 1 N–H and O–H groups in total. The molecule has 0 aliphatic carbocycles. The predicted molar refractivity (Wildman–Crippen MR) is 116 cm³/mol. The number of ether oxygens (including phenoxy) is 2. The Kier molecular flexibility index (Phi) is 7.07. The average molecular weight is 422 g/mol. The van der Waals surface area contributed by atoms with Gasteiger partial charge in [0.1, 0.15) is 18.1 Å². The smallest absolute Gasteiger partial charge is 0.339 e. The van der Waals surface area contributed by atoms with E-state index in [0.29, 0.717) is 22.8 Å². The van der Waals surface area contributed by atoms with Crippen LogP contribution in [0.2, 0.25) is 0 Å². The third kappa shape index (κ3) is 5.72. The highest BCUT2D eigenvalue weighted by atomic mass is 16.5. The van der Waals surface area contributed by atoms with Crippen LogP contribution in [0.15, 0.2) is 53.1 Å². The molecule has 7 nitrogen and oxygen atoms in total. The summed E-state index contributed by atoms with van der Waals surface area (Å²) in [6, 6.07) is 14.2. The Labute approximate surface area is 181 Å². The number of carbonyl (C=O) groups is 2. The van der Waals surface area contributed by atoms with Crippen LogP contribution >= 0.6 is 0 Å². The van der Waals surface area contributed by atoms with Crippen LogP contribution in [0.4, 0.5) is 5.69 Å². The molecule has 1 aromatic heterocycles. The first-order valence-corrected chi connectivity index (χ1v) is 10.1. The third-order valence-corrected chi connectivity index (χ3v) is 4.92. The van der Waals surface area contributed by atoms with Crippen molar-refractivity contribution in [2.75, 3.05) is 5.32 Å². The molecule has 3 rings (SSSR count). The Bertz CT molecular complexity index is 1040. The highest BCUT2D eigenvalue weighted by molar-refractivity contribution is 5.97. The minimum absolute atomic E-state index is 0.273. The molecule has 0 saturated heterocycles. The number of carbonyl (C=O) groups excluding carboxylic acids is 2. The van der Waals surface area contributed by atoms with Crippen LogP contribution in [-0.2, 0) is 22.6 Å². The third-order valence-electron chi connectivity index (χ3n) is 4.92. The van der Waals surface area contributed by atoms with E-state index in [1.807, 2.05) is 38.1 Å². The van der Waals surface area contributed by atoms with Crippen molar-refractivity contribution in [1.82, 2.24) is 5.16 Å². The summed E-state index contributed by atoms with van der Waals surface area (Å²) in [7, 11) is 0. The summed E-state index contributed by atoms with van der Waals surface area (Å²) in [6.07, 6.45) is -0.0336. The van der Waals surface area contributed by atoms with Gasteiger partial charge in [-0.2, -0.15) is 0 Å². The molecule has 1 heterocycles. The van der Waals surface area contributed by atoms with E-state index >= 15 is 0 Å². The van der Waals surface area contributed by atoms with E-state index in [0.717, 1.165) is 17.7 Å². The molecule has 0 spiro atoms. The lowest BCUT2D eigenvalue weighted by atomic mass is 10.1. The van der Waals surface area contributed by atoms with Gasteiger partial charge in [0.25, 0.3) is 5.91 Å². The minimum atomic E-state index is -0.953. The number of nitrogens with one attached hydrogen (secondary N) is 1. The van der Waals surface area contributed by atoms with Crippen molar-refractivity contribution in [3.63, 3.8) is 0 Å². The maximum absolute atomic E-state index is 12.5. The summed E-state index contributed by atoms with van der Waals surface area (Å²) in [4.78, 5) is 24.9. The zero-order valence-electron chi connectivity index (χ0n) is 18.1. The number of anilines is 1. The lowest BCUT2D eigenvalue weighted by Crippen LogP contribution is -2.30. The molecule has 2 aromatic carbocycles. The number of amides is 1. The quantitative estimate of drug-likeness (QED) is 0.533. The second-order valence-corrected chi connectivity index (χ2v) is 7.21. The van der Waals surface area contributed by atoms with Gasteiger partial charge in [0.05, 0.1) is 16.8 Å². The van der Waals surface area contributed by atoms with Crippen LogP contribution in [0.25, 0.3) is 0 Å². The number of esters is 1. The maximum Gasteiger partial charge on any atom is 0.339 e. The molecule has 0 bridgehead atoms. The number of benzene rings is 2. The molecule has 0 saturated carbocycles. The van der Waals surface area contributed by atoms with E-state index < -0.39 is 18.0 Å². The normalized spacial score (nSPS) is 11.6. The average Bonchev–Trinajstić information content (AvgIpc) is 3.10. The van der Waals surface area contributed by atoms with Crippen LogP contribution in [0.5, 0.6) is 5.75 Å². The zero-order chi connectivity index (χ0) is 22.4. The van der Waals surface area contributed by atoms with E-state index in [-0.39, 0.29) is 6.61 Å². The van der Waals surface area contributed by atoms with Gasteiger partial charge in [-0.1, -0.05) is 30.3 Å². The first-order valence-electron chi connectivity index (χ1n) is 10.1. The molecule has 1 amide bonds. The van der Waals surface area contributed by atoms with Gasteiger partial charge in [-0.05, 0) is 63.1 Å². The largest absolute Gasteiger partial charge is 0.489 e. The SMILES string of the molecule is CCc1ccc(NC(=O)[C@@H](C)OC(=O)c2cccc(OCc3c(C)noc3C)c2)cc1. The lowest BCUT2D eigenvalue weighted by molar-refractivity contribution is -0.123. The Morgan fingerprint density at radius 1 is 1.13 bits per heavy atom. The molecule has 7 heteroatoms. The first-order chi connectivity index (χ1) is 14.9. The second-order valence-electron chi connectivity index (χ2n) is 7.21. The molecule has 0 fully saturated rings. The number of hydrogen-bond acceptors (Lipinski definition) is 6. The molecule has 3 aromatic rings. The van der Waals surface area contributed by atoms with Gasteiger partial charge in [-0.25, -0.2) is 4.79 Å². The first kappa shape index (κ1) is 22.1. The van der Waals surface area contributed by atoms with E-state index in [1.165, 1.54) is 12.5 Å². The van der Waals surface area contributed by atoms with Crippen LogP contribution in [-0.4, -0.2) is 23.1 Å². The van der Waals surface area contributed by atoms with E-state index in [1.54, 1.807) is 24.3 Å². The second kappa shape index (κ2) is 9.93. The predicted octanol–water partition coefficient (Wildman–Crippen LogP) is 4.62. The maximum atomic E-state index is 12.5. The highest BCUT2D eigenvalue weighted by Crippen LogP contribution is 2.19. The summed E-state index contributed by atoms with van der Waals surface area (Å²) in [5.74, 6) is 0.190. The van der Waals surface area contributed by atoms with Gasteiger partial charge < -0.3 is 19.3 Å². The number of hydrogen-bond donors (Lipinski definition) is 1. The summed E-state index contributed by atoms with van der Waals surface area (Å²) in [5, 5.41) is 6.65. The van der Waals surface area contributed by atoms with E-state index in [9.17, 15) is 9.59 Å². The molecule has 0 unspecified atom stereocenters. The monoisotopic (exact) mass is 422 g/mol. The number of rotatable bonds is 8. The van der Waals surface area contributed by atoms with Crippen molar-refractivity contribution < 1.29 is 23.6 Å². The van der Waals surface area contributed by atoms with Gasteiger partial charge in [-0.15, -0.1) is 0 Å². The molecular weight excluding hydrogens is 396 g/mol. The highest BCUT2D eigenvalue weighted by Gasteiger charge is 2.19. The molecule has 162 valence electrons. The summed E-state index contributed by atoms with van der Waals surface area (Å²) in [5.41, 5.74) is 3.75. The van der Waals surface area contributed by atoms with Gasteiger partial charge in [0.2, 0.25) is 0 Å². The molecule has 1 atom stereocenters. The van der Waals surface area contributed by atoms with Crippen molar-refractivity contribution in [3.05, 3.63) is 76.7 Å². The summed E-state index contributed by atoms with van der Waals surface area (Å²) >= 11 is 0. The van der Waals surface area contributed by atoms with Crippen molar-refractivity contribution >= 4 is 17.6 Å². The number of nitrogens with zero attached hydrogens (tertiary/aromatic N) is 1. The topological polar surface area (TPSA) is 90.7 Å². The Morgan fingerprint density at radius 3 is 2.52 bits per heavy atom. The summed E-state index contributed by atoms with van der Waals surface area (Å²) in [6.45, 7) is 7.53. The Morgan fingerprint density at radius 2 is 1.87 bits per heavy atom. The van der Waals surface area contributed by atoms with Crippen molar-refractivity contribution in [3.8, 4) is 5.75 Å². The molecular formula is C24H26N2O5. The molecule has 0 aliphatic rings. The van der Waals surface area contributed by atoms with Gasteiger partial charge in [0, 0.05) is 5.69 Å². The van der Waals surface area contributed by atoms with Crippen LogP contribution < -0.4 is 10.1 Å². The lowest BCUT2D eigenvalue weighted by Gasteiger charge is -2.14. The fourth-order valence-electron chi connectivity index (χ4n) is 2.93. The van der Waals surface area contributed by atoms with Crippen molar-refractivity contribution in [2.45, 2.75) is 46.8 Å². The van der Waals surface area contributed by atoms with E-state index in [4.69, 9.17) is 14.0 Å². The molecule has 0 radical (unpaired) electrons. The van der Waals surface area contributed by atoms with Crippen LogP contribution in [0.3, 0.4) is 0 Å². The van der Waals surface area contributed by atoms with Crippen LogP contribution in [0, 0.1) is 13.8 Å². The zero-order valence-corrected chi connectivity index (χ0v) is 18.1.